The maximum Gasteiger partial charge on any atom is 0.278 e. The van der Waals surface area contributed by atoms with E-state index >= 15 is 0 Å². The molecule has 5 heteroatoms. The monoisotopic (exact) mass is 364 g/mol. The van der Waals surface area contributed by atoms with E-state index in [0.717, 1.165) is 15.6 Å². The average Bonchev–Trinajstić information content (AvgIpc) is 2.50. The van der Waals surface area contributed by atoms with Crippen LogP contribution in [0.2, 0.25) is 0 Å². The summed E-state index contributed by atoms with van der Waals surface area (Å²) in [6.45, 7) is 2.02. The van der Waals surface area contributed by atoms with Gasteiger partial charge in [0.1, 0.15) is 0 Å². The van der Waals surface area contributed by atoms with Gasteiger partial charge >= 0.3 is 0 Å². The van der Waals surface area contributed by atoms with Gasteiger partial charge in [-0.1, -0.05) is 15.9 Å². The van der Waals surface area contributed by atoms with Crippen LogP contribution in [0.25, 0.3) is 11.5 Å². The molecule has 2 rings (SSSR count). The van der Waals surface area contributed by atoms with Crippen LogP contribution in [0.15, 0.2) is 27.1 Å². The van der Waals surface area contributed by atoms with Crippen molar-refractivity contribution in [3.8, 4) is 11.5 Å². The Hall–Kier alpha value is -0.430. The summed E-state index contributed by atoms with van der Waals surface area (Å²) >= 11 is 5.42. The van der Waals surface area contributed by atoms with E-state index in [4.69, 9.17) is 4.42 Å². The fourth-order valence-corrected chi connectivity index (χ4v) is 2.11. The van der Waals surface area contributed by atoms with Gasteiger partial charge in [-0.15, -0.1) is 10.2 Å². The fourth-order valence-electron chi connectivity index (χ4n) is 1.18. The van der Waals surface area contributed by atoms with Crippen LogP contribution in [0, 0.1) is 10.8 Å². The number of rotatable bonds is 1. The zero-order chi connectivity index (χ0) is 10.1. The van der Waals surface area contributed by atoms with Crippen molar-refractivity contribution in [3.05, 3.63) is 32.1 Å². The molecule has 2 aromatic rings. The highest BCUT2D eigenvalue weighted by atomic mass is 127. The molecule has 72 valence electrons. The first-order valence-corrected chi connectivity index (χ1v) is 5.79. The normalized spacial score (nSPS) is 10.5. The summed E-state index contributed by atoms with van der Waals surface area (Å²) in [6, 6.07) is 6.00. The number of aryl methyl sites for hydroxylation is 1. The van der Waals surface area contributed by atoms with Crippen LogP contribution in [-0.4, -0.2) is 10.2 Å². The Morgan fingerprint density at radius 1 is 1.29 bits per heavy atom. The minimum Gasteiger partial charge on any atom is -0.412 e. The first-order chi connectivity index (χ1) is 6.65. The minimum atomic E-state index is 0.551. The molecule has 3 nitrogen and oxygen atoms in total. The quantitative estimate of drug-likeness (QED) is 0.728. The summed E-state index contributed by atoms with van der Waals surface area (Å²) in [7, 11) is 0. The van der Waals surface area contributed by atoms with Gasteiger partial charge in [-0.3, -0.25) is 0 Å². The zero-order valence-electron chi connectivity index (χ0n) is 7.29. The van der Waals surface area contributed by atoms with E-state index in [2.05, 4.69) is 26.1 Å². The molecule has 1 aromatic carbocycles. The van der Waals surface area contributed by atoms with Crippen molar-refractivity contribution in [2.24, 2.45) is 0 Å². The van der Waals surface area contributed by atoms with Crippen molar-refractivity contribution in [1.29, 1.82) is 0 Å². The lowest BCUT2D eigenvalue weighted by Crippen LogP contribution is -1.80. The van der Waals surface area contributed by atoms with Gasteiger partial charge < -0.3 is 4.42 Å². The zero-order valence-corrected chi connectivity index (χ0v) is 11.0. The summed E-state index contributed by atoms with van der Waals surface area (Å²) in [4.78, 5) is 0. The number of halogens is 2. The minimum absolute atomic E-state index is 0.551. The van der Waals surface area contributed by atoms with Crippen LogP contribution in [0.5, 0.6) is 0 Å². The predicted octanol–water partition coefficient (Wildman–Crippen LogP) is 3.41. The molecule has 0 spiro atoms. The Kier molecular flexibility index (Phi) is 2.87. The number of aromatic nitrogens is 2. The molecule has 14 heavy (non-hydrogen) atoms. The Morgan fingerprint density at radius 2 is 2.07 bits per heavy atom. The molecule has 0 saturated heterocycles. The molecular formula is C9H6BrIN2O. The highest BCUT2D eigenvalue weighted by Gasteiger charge is 2.07. The van der Waals surface area contributed by atoms with Crippen molar-refractivity contribution >= 4 is 38.5 Å². The van der Waals surface area contributed by atoms with Gasteiger partial charge in [0.05, 0.1) is 0 Å². The van der Waals surface area contributed by atoms with Crippen molar-refractivity contribution < 1.29 is 4.42 Å². The first kappa shape index (κ1) is 10.1. The highest BCUT2D eigenvalue weighted by Crippen LogP contribution is 2.24. The van der Waals surface area contributed by atoms with E-state index < -0.39 is 0 Å². The van der Waals surface area contributed by atoms with E-state index in [0.29, 0.717) is 9.79 Å². The van der Waals surface area contributed by atoms with Crippen molar-refractivity contribution in [3.63, 3.8) is 0 Å². The smallest absolute Gasteiger partial charge is 0.278 e. The summed E-state index contributed by atoms with van der Waals surface area (Å²) < 4.78 is 6.89. The molecule has 0 amide bonds. The molecule has 1 heterocycles. The molecule has 0 aliphatic heterocycles. The second-order valence-corrected chi connectivity index (χ2v) is 4.72. The predicted molar refractivity (Wildman–Crippen MR) is 64.9 cm³/mol. The molecular weight excluding hydrogens is 359 g/mol. The summed E-state index contributed by atoms with van der Waals surface area (Å²) in [5.74, 6) is 0.554. The summed E-state index contributed by atoms with van der Waals surface area (Å²) in [5, 5.41) is 7.73. The molecule has 0 saturated carbocycles. The van der Waals surface area contributed by atoms with Crippen LogP contribution in [0.1, 0.15) is 5.56 Å². The van der Waals surface area contributed by atoms with Gasteiger partial charge in [-0.05, 0) is 30.7 Å². The molecule has 1 aromatic heterocycles. The molecule has 0 bridgehead atoms. The molecule has 0 aliphatic carbocycles. The van der Waals surface area contributed by atoms with E-state index in [-0.39, 0.29) is 0 Å². The third-order valence-corrected chi connectivity index (χ3v) is 2.58. The molecule has 0 radical (unpaired) electrons. The Labute approximate surface area is 103 Å². The largest absolute Gasteiger partial charge is 0.412 e. The van der Waals surface area contributed by atoms with Gasteiger partial charge in [-0.2, -0.15) is 0 Å². The second kappa shape index (κ2) is 3.98. The lowest BCUT2D eigenvalue weighted by Gasteiger charge is -1.98. The SMILES string of the molecule is Cc1cc(Br)cc(-c2nnc(I)o2)c1. The van der Waals surface area contributed by atoms with Crippen molar-refractivity contribution in [2.75, 3.05) is 0 Å². The van der Waals surface area contributed by atoms with Crippen molar-refractivity contribution in [2.45, 2.75) is 6.92 Å². The van der Waals surface area contributed by atoms with Gasteiger partial charge in [0.15, 0.2) is 0 Å². The standard InChI is InChI=1S/C9H6BrIN2O/c1-5-2-6(4-7(10)3-5)8-12-13-9(11)14-8/h2-4H,1H3. The Morgan fingerprint density at radius 3 is 2.64 bits per heavy atom. The van der Waals surface area contributed by atoms with Crippen LogP contribution >= 0.6 is 38.5 Å². The van der Waals surface area contributed by atoms with Crippen molar-refractivity contribution in [1.82, 2.24) is 10.2 Å². The third kappa shape index (κ3) is 2.14. The first-order valence-electron chi connectivity index (χ1n) is 3.92. The average molecular weight is 365 g/mol. The summed E-state index contributed by atoms with van der Waals surface area (Å²) in [5.41, 5.74) is 2.09. The van der Waals surface area contributed by atoms with Gasteiger partial charge in [0.2, 0.25) is 5.89 Å². The maximum absolute atomic E-state index is 5.32. The van der Waals surface area contributed by atoms with Gasteiger partial charge in [0.25, 0.3) is 3.90 Å². The molecule has 0 N–H and O–H groups in total. The van der Waals surface area contributed by atoms with Crippen LogP contribution in [0.4, 0.5) is 0 Å². The second-order valence-electron chi connectivity index (χ2n) is 2.88. The topological polar surface area (TPSA) is 38.9 Å². The Bertz CT molecular complexity index is 449. The Balaban J connectivity index is 2.51. The fraction of sp³-hybridized carbons (Fsp3) is 0.111. The lowest BCUT2D eigenvalue weighted by atomic mass is 10.1. The van der Waals surface area contributed by atoms with Crippen LogP contribution < -0.4 is 0 Å². The summed E-state index contributed by atoms with van der Waals surface area (Å²) in [6.07, 6.45) is 0. The lowest BCUT2D eigenvalue weighted by molar-refractivity contribution is 0.537. The molecule has 0 unspecified atom stereocenters. The van der Waals surface area contributed by atoms with E-state index in [1.165, 1.54) is 0 Å². The third-order valence-electron chi connectivity index (χ3n) is 1.69. The van der Waals surface area contributed by atoms with E-state index in [9.17, 15) is 0 Å². The number of hydrogen-bond donors (Lipinski definition) is 0. The van der Waals surface area contributed by atoms with E-state index in [1.807, 2.05) is 47.7 Å². The van der Waals surface area contributed by atoms with Gasteiger partial charge in [-0.25, -0.2) is 0 Å². The molecule has 0 fully saturated rings. The van der Waals surface area contributed by atoms with Crippen LogP contribution in [0.3, 0.4) is 0 Å². The number of benzene rings is 1. The van der Waals surface area contributed by atoms with Gasteiger partial charge in [0, 0.05) is 32.6 Å². The maximum atomic E-state index is 5.32. The molecule has 0 atom stereocenters. The molecule has 0 aliphatic rings. The number of hydrogen-bond acceptors (Lipinski definition) is 3. The highest BCUT2D eigenvalue weighted by molar-refractivity contribution is 14.1. The van der Waals surface area contributed by atoms with Crippen LogP contribution in [-0.2, 0) is 0 Å². The van der Waals surface area contributed by atoms with E-state index in [1.54, 1.807) is 0 Å². The number of nitrogens with zero attached hydrogens (tertiary/aromatic N) is 2.